The quantitative estimate of drug-likeness (QED) is 0.0479. The van der Waals surface area contributed by atoms with Gasteiger partial charge in [-0.25, -0.2) is 0 Å². The summed E-state index contributed by atoms with van der Waals surface area (Å²) in [5.41, 5.74) is 16.0. The van der Waals surface area contributed by atoms with Gasteiger partial charge in [-0.3, -0.25) is 28.8 Å². The molecule has 0 heterocycles. The zero-order chi connectivity index (χ0) is 28.9. The van der Waals surface area contributed by atoms with Crippen molar-refractivity contribution in [3.63, 3.8) is 0 Å². The zero-order valence-electron chi connectivity index (χ0n) is 21.5. The highest BCUT2D eigenvalue weighted by Gasteiger charge is 2.27. The molecule has 0 unspecified atom stereocenters. The van der Waals surface area contributed by atoms with Crippen molar-refractivity contribution in [2.75, 3.05) is 38.5 Å². The fourth-order valence-electron chi connectivity index (χ4n) is 3.19. The lowest BCUT2D eigenvalue weighted by Crippen LogP contribution is -2.56. The number of amides is 6. The van der Waals surface area contributed by atoms with Crippen molar-refractivity contribution in [1.82, 2.24) is 26.6 Å². The first-order chi connectivity index (χ1) is 18.1. The lowest BCUT2D eigenvalue weighted by molar-refractivity contribution is -0.133. The van der Waals surface area contributed by atoms with Crippen molar-refractivity contribution in [2.24, 2.45) is 17.2 Å². The van der Waals surface area contributed by atoms with Gasteiger partial charge in [-0.15, -0.1) is 0 Å². The largest absolute Gasteiger partial charge is 0.394 e. The Bertz CT molecular complexity index is 787. The molecule has 0 aliphatic carbocycles. The standard InChI is InChI=1S/C22H42N8O7S/c23-8-3-1-5-14(20(35)26-11-17(25)32)28-19(34)12-27-21(36)15(6-2-4-9-24)30-22(37)16(13-31)29-18(33)7-10-38/h14-16,31,38H,1-13,23-24H2,(H2,25,32)(H,26,35)(H,27,36)(H,28,34)(H,29,33)(H,30,37)/t14-,15-,16-/m0/s1. The van der Waals surface area contributed by atoms with Crippen molar-refractivity contribution in [1.29, 1.82) is 0 Å². The van der Waals surface area contributed by atoms with Crippen molar-refractivity contribution in [3.8, 4) is 0 Å². The summed E-state index contributed by atoms with van der Waals surface area (Å²) in [6.07, 6.45) is 2.68. The number of aliphatic hydroxyl groups is 1. The molecule has 0 spiro atoms. The molecule has 0 aliphatic heterocycles. The van der Waals surface area contributed by atoms with E-state index in [2.05, 4.69) is 39.2 Å². The summed E-state index contributed by atoms with van der Waals surface area (Å²) in [4.78, 5) is 72.9. The third kappa shape index (κ3) is 16.0. The summed E-state index contributed by atoms with van der Waals surface area (Å²) in [5.74, 6) is -3.73. The summed E-state index contributed by atoms with van der Waals surface area (Å²) in [6, 6.07) is -3.32. The van der Waals surface area contributed by atoms with E-state index in [1.165, 1.54) is 0 Å². The van der Waals surface area contributed by atoms with Crippen LogP contribution in [0.5, 0.6) is 0 Å². The van der Waals surface area contributed by atoms with Crippen molar-refractivity contribution in [2.45, 2.75) is 63.1 Å². The Morgan fingerprint density at radius 1 is 0.684 bits per heavy atom. The van der Waals surface area contributed by atoms with Gasteiger partial charge in [0.05, 0.1) is 19.7 Å². The molecule has 0 saturated heterocycles. The molecule has 16 heteroatoms. The van der Waals surface area contributed by atoms with Crippen LogP contribution in [0.15, 0.2) is 0 Å². The minimum Gasteiger partial charge on any atom is -0.394 e. The number of unbranched alkanes of at least 4 members (excludes halogenated alkanes) is 2. The van der Waals surface area contributed by atoms with Crippen LogP contribution in [0, 0.1) is 0 Å². The van der Waals surface area contributed by atoms with E-state index in [-0.39, 0.29) is 25.0 Å². The molecule has 218 valence electrons. The average molecular weight is 563 g/mol. The van der Waals surface area contributed by atoms with E-state index in [4.69, 9.17) is 17.2 Å². The number of carbonyl (C=O) groups excluding carboxylic acids is 6. The Hall–Kier alpha value is -2.95. The highest BCUT2D eigenvalue weighted by molar-refractivity contribution is 7.80. The molecule has 0 aromatic carbocycles. The van der Waals surface area contributed by atoms with Crippen molar-refractivity contribution >= 4 is 48.1 Å². The molecule has 0 radical (unpaired) electrons. The van der Waals surface area contributed by atoms with Gasteiger partial charge in [0.25, 0.3) is 0 Å². The van der Waals surface area contributed by atoms with Crippen LogP contribution in [0.3, 0.4) is 0 Å². The second-order valence-electron chi connectivity index (χ2n) is 8.43. The fourth-order valence-corrected chi connectivity index (χ4v) is 3.39. The number of nitrogens with one attached hydrogen (secondary N) is 5. The Morgan fingerprint density at radius 2 is 1.18 bits per heavy atom. The fraction of sp³-hybridized carbons (Fsp3) is 0.727. The van der Waals surface area contributed by atoms with Crippen LogP contribution in [0.1, 0.15) is 44.9 Å². The number of primary amides is 1. The maximum atomic E-state index is 12.8. The molecular formula is C22H42N8O7S. The Labute approximate surface area is 227 Å². The van der Waals surface area contributed by atoms with Crippen LogP contribution < -0.4 is 43.8 Å². The predicted octanol–water partition coefficient (Wildman–Crippen LogP) is -4.27. The summed E-state index contributed by atoms with van der Waals surface area (Å²) < 4.78 is 0. The zero-order valence-corrected chi connectivity index (χ0v) is 22.4. The molecule has 38 heavy (non-hydrogen) atoms. The van der Waals surface area contributed by atoms with Crippen LogP contribution >= 0.6 is 12.6 Å². The lowest BCUT2D eigenvalue weighted by Gasteiger charge is -2.22. The number of thiol groups is 1. The molecule has 0 saturated carbocycles. The van der Waals surface area contributed by atoms with Crippen molar-refractivity contribution in [3.05, 3.63) is 0 Å². The van der Waals surface area contributed by atoms with Gasteiger partial charge in [0.1, 0.15) is 18.1 Å². The smallest absolute Gasteiger partial charge is 0.245 e. The first kappa shape index (κ1) is 35.0. The van der Waals surface area contributed by atoms with Gasteiger partial charge < -0.3 is 48.9 Å². The second-order valence-corrected chi connectivity index (χ2v) is 8.88. The molecular weight excluding hydrogens is 520 g/mol. The average Bonchev–Trinajstić information content (AvgIpc) is 2.87. The highest BCUT2D eigenvalue weighted by atomic mass is 32.1. The van der Waals surface area contributed by atoms with Gasteiger partial charge in [-0.2, -0.15) is 12.6 Å². The molecule has 12 N–H and O–H groups in total. The molecule has 0 fully saturated rings. The molecule has 0 aromatic heterocycles. The van der Waals surface area contributed by atoms with Gasteiger partial charge in [-0.1, -0.05) is 0 Å². The summed E-state index contributed by atoms with van der Waals surface area (Å²) >= 11 is 3.94. The number of rotatable bonds is 21. The molecule has 6 amide bonds. The number of nitrogens with two attached hydrogens (primary N) is 3. The van der Waals surface area contributed by atoms with Gasteiger partial charge in [0.2, 0.25) is 35.4 Å². The van der Waals surface area contributed by atoms with E-state index in [0.29, 0.717) is 38.8 Å². The third-order valence-electron chi connectivity index (χ3n) is 5.21. The first-order valence-corrected chi connectivity index (χ1v) is 13.1. The van der Waals surface area contributed by atoms with Crippen LogP contribution in [0.4, 0.5) is 0 Å². The van der Waals surface area contributed by atoms with E-state index >= 15 is 0 Å². The monoisotopic (exact) mass is 562 g/mol. The predicted molar refractivity (Wildman–Crippen MR) is 142 cm³/mol. The Kier molecular flexibility index (Phi) is 19.4. The molecule has 0 rings (SSSR count). The van der Waals surface area contributed by atoms with E-state index in [1.54, 1.807) is 0 Å². The summed E-state index contributed by atoms with van der Waals surface area (Å²) in [5, 5.41) is 21.6. The Morgan fingerprint density at radius 3 is 1.66 bits per heavy atom. The van der Waals surface area contributed by atoms with Crippen LogP contribution in [-0.2, 0) is 28.8 Å². The first-order valence-electron chi connectivity index (χ1n) is 12.4. The van der Waals surface area contributed by atoms with E-state index < -0.39 is 73.3 Å². The SMILES string of the molecule is NCCCC[C@H](NC(=O)CNC(=O)[C@H](CCCCN)NC(=O)[C@H](CO)NC(=O)CCS)C(=O)NCC(N)=O. The molecule has 0 aromatic rings. The van der Waals surface area contributed by atoms with Gasteiger partial charge in [0.15, 0.2) is 0 Å². The summed E-state index contributed by atoms with van der Waals surface area (Å²) in [6.45, 7) is -0.819. The number of carbonyl (C=O) groups is 6. The minimum absolute atomic E-state index is 0.0379. The Balaban J connectivity index is 5.15. The maximum absolute atomic E-state index is 12.8. The van der Waals surface area contributed by atoms with Crippen LogP contribution in [0.2, 0.25) is 0 Å². The molecule has 3 atom stereocenters. The number of hydrogen-bond acceptors (Lipinski definition) is 10. The second kappa shape index (κ2) is 21.0. The van der Waals surface area contributed by atoms with E-state index in [1.807, 2.05) is 0 Å². The molecule has 0 aliphatic rings. The van der Waals surface area contributed by atoms with Crippen LogP contribution in [-0.4, -0.2) is 97.2 Å². The van der Waals surface area contributed by atoms with Gasteiger partial charge in [-0.05, 0) is 57.4 Å². The van der Waals surface area contributed by atoms with Crippen molar-refractivity contribution < 1.29 is 33.9 Å². The maximum Gasteiger partial charge on any atom is 0.245 e. The normalized spacial score (nSPS) is 12.9. The third-order valence-corrected chi connectivity index (χ3v) is 5.44. The minimum atomic E-state index is -1.27. The molecule has 0 bridgehead atoms. The van der Waals surface area contributed by atoms with Gasteiger partial charge >= 0.3 is 0 Å². The van der Waals surface area contributed by atoms with Crippen LogP contribution in [0.25, 0.3) is 0 Å². The highest BCUT2D eigenvalue weighted by Crippen LogP contribution is 2.03. The van der Waals surface area contributed by atoms with E-state index in [0.717, 1.165) is 0 Å². The van der Waals surface area contributed by atoms with Gasteiger partial charge in [0, 0.05) is 6.42 Å². The van der Waals surface area contributed by atoms with E-state index in [9.17, 15) is 33.9 Å². The summed E-state index contributed by atoms with van der Waals surface area (Å²) in [7, 11) is 0. The molecule has 15 nitrogen and oxygen atoms in total. The number of aliphatic hydroxyl groups excluding tert-OH is 1. The topological polar surface area (TPSA) is 261 Å². The lowest BCUT2D eigenvalue weighted by atomic mass is 10.1. The number of hydrogen-bond donors (Lipinski definition) is 10.